The van der Waals surface area contributed by atoms with Crippen LogP contribution in [-0.2, 0) is 0 Å². The second kappa shape index (κ2) is 10.6. The lowest BCUT2D eigenvalue weighted by Gasteiger charge is -2.16. The average molecular weight is 544 g/mol. The first-order valence-electron chi connectivity index (χ1n) is 11.7. The maximum Gasteiger partial charge on any atom is 0.267 e. The molecule has 5 rings (SSSR count). The molecule has 5 aromatic rings. The quantitative estimate of drug-likeness (QED) is 0.171. The number of halogens is 2. The number of H-pyrrole nitrogens is 1. The Bertz CT molecular complexity index is 1730. The van der Waals surface area contributed by atoms with Gasteiger partial charge >= 0.3 is 0 Å². The zero-order chi connectivity index (χ0) is 26.8. The van der Waals surface area contributed by atoms with Crippen LogP contribution in [0.2, 0.25) is 10.0 Å². The predicted octanol–water partition coefficient (Wildman–Crippen LogP) is 7.50. The minimum absolute atomic E-state index is 0.267. The van der Waals surface area contributed by atoms with Crippen molar-refractivity contribution in [3.05, 3.63) is 105 Å². The molecular formula is C29H23Cl2N5O2. The smallest absolute Gasteiger partial charge is 0.267 e. The van der Waals surface area contributed by atoms with E-state index in [2.05, 4.69) is 22.1 Å². The van der Waals surface area contributed by atoms with Crippen molar-refractivity contribution in [3.63, 3.8) is 0 Å². The van der Waals surface area contributed by atoms with E-state index < -0.39 is 0 Å². The Balaban J connectivity index is 1.69. The van der Waals surface area contributed by atoms with E-state index in [1.54, 1.807) is 23.8 Å². The van der Waals surface area contributed by atoms with Gasteiger partial charge in [-0.3, -0.25) is 14.5 Å². The minimum atomic E-state index is -0.267. The molecule has 2 heterocycles. The number of hydrogen-bond donors (Lipinski definition) is 2. The van der Waals surface area contributed by atoms with E-state index in [1.807, 2.05) is 67.6 Å². The zero-order valence-electron chi connectivity index (χ0n) is 20.6. The van der Waals surface area contributed by atoms with E-state index in [1.165, 1.54) is 6.20 Å². The van der Waals surface area contributed by atoms with E-state index in [9.17, 15) is 4.79 Å². The second-order valence-corrected chi connectivity index (χ2v) is 9.37. The number of anilines is 1. The monoisotopic (exact) mass is 543 g/mol. The number of hydrogen-bond acceptors (Lipinski definition) is 4. The number of nitrogens with zero attached hydrogens (tertiary/aromatic N) is 3. The number of amidine groups is 1. The molecule has 0 aliphatic rings. The van der Waals surface area contributed by atoms with Crippen molar-refractivity contribution in [2.45, 2.75) is 6.92 Å². The summed E-state index contributed by atoms with van der Waals surface area (Å²) in [5.41, 5.74) is 4.05. The van der Waals surface area contributed by atoms with Crippen LogP contribution in [0.4, 0.5) is 11.5 Å². The molecule has 0 fully saturated rings. The van der Waals surface area contributed by atoms with Gasteiger partial charge in [-0.15, -0.1) is 0 Å². The Kier molecular flexibility index (Phi) is 7.05. The van der Waals surface area contributed by atoms with Crippen LogP contribution in [0.5, 0.6) is 5.75 Å². The SMILES string of the molecule is C=Cc1c(N=C(C)Nc2ccc(OC)cc2)n(-c2cccc(-c3cc(Cl)cc(Cl)c3)c2)c(=O)c2cn[nH]c12. The summed E-state index contributed by atoms with van der Waals surface area (Å²) in [7, 11) is 1.62. The van der Waals surface area contributed by atoms with Gasteiger partial charge in [-0.1, -0.05) is 48.0 Å². The fourth-order valence-electron chi connectivity index (χ4n) is 4.26. The summed E-state index contributed by atoms with van der Waals surface area (Å²) in [6.45, 7) is 5.81. The van der Waals surface area contributed by atoms with E-state index in [4.69, 9.17) is 32.9 Å². The molecule has 9 heteroatoms. The number of benzene rings is 3. The maximum absolute atomic E-state index is 13.8. The Hall–Kier alpha value is -4.33. The number of aromatic nitrogens is 3. The number of rotatable bonds is 6. The van der Waals surface area contributed by atoms with Gasteiger partial charge in [0, 0.05) is 21.3 Å². The second-order valence-electron chi connectivity index (χ2n) is 8.50. The average Bonchev–Trinajstić information content (AvgIpc) is 3.39. The first-order chi connectivity index (χ1) is 18.4. The molecule has 38 heavy (non-hydrogen) atoms. The summed E-state index contributed by atoms with van der Waals surface area (Å²) in [6, 6.07) is 20.3. The molecule has 0 spiro atoms. The van der Waals surface area contributed by atoms with Crippen molar-refractivity contribution >= 4 is 57.5 Å². The van der Waals surface area contributed by atoms with Gasteiger partial charge in [0.25, 0.3) is 5.56 Å². The van der Waals surface area contributed by atoms with Crippen LogP contribution in [0, 0.1) is 0 Å². The first kappa shape index (κ1) is 25.3. The molecule has 0 unspecified atom stereocenters. The van der Waals surface area contributed by atoms with Crippen molar-refractivity contribution in [1.82, 2.24) is 14.8 Å². The van der Waals surface area contributed by atoms with Crippen molar-refractivity contribution in [2.24, 2.45) is 4.99 Å². The fourth-order valence-corrected chi connectivity index (χ4v) is 4.79. The van der Waals surface area contributed by atoms with Crippen LogP contribution in [0.15, 0.2) is 89.3 Å². The number of ether oxygens (including phenoxy) is 1. The Morgan fingerprint density at radius 1 is 1.08 bits per heavy atom. The van der Waals surface area contributed by atoms with Crippen LogP contribution in [0.3, 0.4) is 0 Å². The maximum atomic E-state index is 13.8. The summed E-state index contributed by atoms with van der Waals surface area (Å²) >= 11 is 12.5. The number of pyridine rings is 1. The van der Waals surface area contributed by atoms with Crippen molar-refractivity contribution < 1.29 is 4.74 Å². The third-order valence-electron chi connectivity index (χ3n) is 5.99. The first-order valence-corrected chi connectivity index (χ1v) is 12.4. The van der Waals surface area contributed by atoms with E-state index in [0.29, 0.717) is 43.9 Å². The molecule has 0 radical (unpaired) electrons. The van der Waals surface area contributed by atoms with Crippen LogP contribution >= 0.6 is 23.2 Å². The molecule has 0 saturated carbocycles. The minimum Gasteiger partial charge on any atom is -0.497 e. The number of nitrogens with one attached hydrogen (secondary N) is 2. The lowest BCUT2D eigenvalue weighted by molar-refractivity contribution is 0.415. The van der Waals surface area contributed by atoms with Gasteiger partial charge in [-0.05, 0) is 72.6 Å². The lowest BCUT2D eigenvalue weighted by Crippen LogP contribution is -2.20. The van der Waals surface area contributed by atoms with E-state index in [0.717, 1.165) is 22.6 Å². The van der Waals surface area contributed by atoms with Crippen molar-refractivity contribution in [2.75, 3.05) is 12.4 Å². The number of methoxy groups -OCH3 is 1. The van der Waals surface area contributed by atoms with Gasteiger partial charge in [-0.2, -0.15) is 5.10 Å². The Morgan fingerprint density at radius 2 is 1.82 bits per heavy atom. The Labute approximate surface area is 229 Å². The highest BCUT2D eigenvalue weighted by molar-refractivity contribution is 6.35. The lowest BCUT2D eigenvalue weighted by atomic mass is 10.0. The third kappa shape index (κ3) is 4.94. The molecule has 3 aromatic carbocycles. The standard InChI is InChI=1S/C29H23Cl2N5O2/c1-4-25-27-26(16-32-35-27)29(37)36(28(25)34-17(2)33-22-8-10-24(38-3)11-9-22)23-7-5-6-18(14-23)19-12-20(30)15-21(31)13-19/h4-16H,1H2,2-3H3,(H,32,35)(H,33,34). The number of aromatic amines is 1. The zero-order valence-corrected chi connectivity index (χ0v) is 22.1. The number of fused-ring (bicyclic) bond motifs is 1. The van der Waals surface area contributed by atoms with Crippen molar-refractivity contribution in [1.29, 1.82) is 0 Å². The van der Waals surface area contributed by atoms with Crippen LogP contribution in [-0.4, -0.2) is 27.7 Å². The Morgan fingerprint density at radius 3 is 2.50 bits per heavy atom. The summed E-state index contributed by atoms with van der Waals surface area (Å²) in [5.74, 6) is 1.73. The van der Waals surface area contributed by atoms with Gasteiger partial charge in [0.1, 0.15) is 11.6 Å². The molecule has 190 valence electrons. The van der Waals surface area contributed by atoms with E-state index >= 15 is 0 Å². The topological polar surface area (TPSA) is 84.3 Å². The summed E-state index contributed by atoms with van der Waals surface area (Å²) in [5, 5.41) is 11.8. The van der Waals surface area contributed by atoms with Gasteiger partial charge in [0.05, 0.1) is 29.9 Å². The summed E-state index contributed by atoms with van der Waals surface area (Å²) < 4.78 is 6.79. The highest BCUT2D eigenvalue weighted by atomic mass is 35.5. The largest absolute Gasteiger partial charge is 0.497 e. The predicted molar refractivity (Wildman–Crippen MR) is 157 cm³/mol. The van der Waals surface area contributed by atoms with Gasteiger partial charge in [0.15, 0.2) is 5.82 Å². The molecule has 0 saturated heterocycles. The normalized spacial score (nSPS) is 11.5. The van der Waals surface area contributed by atoms with Gasteiger partial charge in [0.2, 0.25) is 0 Å². The highest BCUT2D eigenvalue weighted by Gasteiger charge is 2.18. The molecule has 0 bridgehead atoms. The van der Waals surface area contributed by atoms with Crippen LogP contribution in [0.1, 0.15) is 12.5 Å². The molecule has 2 aromatic heterocycles. The molecule has 0 amide bonds. The molecule has 0 aliphatic heterocycles. The summed E-state index contributed by atoms with van der Waals surface area (Å²) in [6.07, 6.45) is 3.17. The van der Waals surface area contributed by atoms with Gasteiger partial charge in [-0.25, -0.2) is 4.99 Å². The highest BCUT2D eigenvalue weighted by Crippen LogP contribution is 2.32. The van der Waals surface area contributed by atoms with E-state index in [-0.39, 0.29) is 5.56 Å². The fraction of sp³-hybridized carbons (Fsp3) is 0.0690. The van der Waals surface area contributed by atoms with Gasteiger partial charge < -0.3 is 10.1 Å². The summed E-state index contributed by atoms with van der Waals surface area (Å²) in [4.78, 5) is 18.6. The molecular weight excluding hydrogens is 521 g/mol. The molecule has 0 aliphatic carbocycles. The van der Waals surface area contributed by atoms with Crippen LogP contribution < -0.4 is 15.6 Å². The molecule has 2 N–H and O–H groups in total. The number of aliphatic imine (C=N–C) groups is 1. The van der Waals surface area contributed by atoms with Crippen LogP contribution in [0.25, 0.3) is 33.8 Å². The molecule has 0 atom stereocenters. The third-order valence-corrected chi connectivity index (χ3v) is 6.42. The van der Waals surface area contributed by atoms with Crippen molar-refractivity contribution in [3.8, 4) is 22.6 Å². The molecule has 7 nitrogen and oxygen atoms in total.